The molecule has 2 heteroatoms. The van der Waals surface area contributed by atoms with Crippen LogP contribution in [-0.2, 0) is 4.79 Å². The van der Waals surface area contributed by atoms with Crippen LogP contribution in [0.1, 0.15) is 59.3 Å². The molecule has 0 fully saturated rings. The topological polar surface area (TPSA) is 29.1 Å². The zero-order valence-electron chi connectivity index (χ0n) is 11.1. The molecule has 0 radical (unpaired) electrons. The summed E-state index contributed by atoms with van der Waals surface area (Å²) in [6.07, 6.45) is 8.81. The predicted octanol–water partition coefficient (Wildman–Crippen LogP) is 3.68. The van der Waals surface area contributed by atoms with Gasteiger partial charge < -0.3 is 5.32 Å². The largest absolute Gasteiger partial charge is 0.352 e. The minimum atomic E-state index is -0.0618. The minimum Gasteiger partial charge on any atom is -0.352 e. The summed E-state index contributed by atoms with van der Waals surface area (Å²) in [5.74, 6) is -0.0618. The Morgan fingerprint density at radius 3 is 2.50 bits per heavy atom. The molecule has 0 rings (SSSR count). The molecule has 2 nitrogen and oxygen atoms in total. The average molecular weight is 225 g/mol. The highest BCUT2D eigenvalue weighted by molar-refractivity contribution is 5.86. The van der Waals surface area contributed by atoms with E-state index in [0.29, 0.717) is 0 Å². The second-order valence-electron chi connectivity index (χ2n) is 4.90. The molecule has 0 saturated carbocycles. The smallest absolute Gasteiger partial charge is 0.243 e. The standard InChI is InChI=1S/C14H27NO/c1-5-8-9-10-11-14(4,7-3)12-15-13(16)6-2/h6H,2,5,7-12H2,1,3-4H3,(H,15,16). The number of unbranched alkanes of at least 4 members (excludes halogenated alkanes) is 3. The Kier molecular flexibility index (Phi) is 7.96. The molecule has 0 aliphatic carbocycles. The van der Waals surface area contributed by atoms with Gasteiger partial charge in [-0.3, -0.25) is 4.79 Å². The molecule has 0 aromatic carbocycles. The number of amides is 1. The summed E-state index contributed by atoms with van der Waals surface area (Å²) in [5, 5.41) is 2.91. The molecule has 1 amide bonds. The summed E-state index contributed by atoms with van der Waals surface area (Å²) in [5.41, 5.74) is 0.242. The van der Waals surface area contributed by atoms with Crippen molar-refractivity contribution >= 4 is 5.91 Å². The first-order chi connectivity index (χ1) is 7.58. The van der Waals surface area contributed by atoms with Gasteiger partial charge in [0, 0.05) is 6.54 Å². The molecule has 0 bridgehead atoms. The minimum absolute atomic E-state index is 0.0618. The van der Waals surface area contributed by atoms with Crippen molar-refractivity contribution in [1.82, 2.24) is 5.32 Å². The van der Waals surface area contributed by atoms with E-state index in [-0.39, 0.29) is 11.3 Å². The maximum Gasteiger partial charge on any atom is 0.243 e. The molecule has 0 saturated heterocycles. The Hall–Kier alpha value is -0.790. The highest BCUT2D eigenvalue weighted by Crippen LogP contribution is 2.27. The van der Waals surface area contributed by atoms with E-state index in [2.05, 4.69) is 32.7 Å². The van der Waals surface area contributed by atoms with Crippen LogP contribution < -0.4 is 5.32 Å². The summed E-state index contributed by atoms with van der Waals surface area (Å²) in [6.45, 7) is 10.9. The molecule has 0 aliphatic rings. The fraction of sp³-hybridized carbons (Fsp3) is 0.786. The molecule has 0 spiro atoms. The van der Waals surface area contributed by atoms with Crippen LogP contribution in [0.5, 0.6) is 0 Å². The number of nitrogens with one attached hydrogen (secondary N) is 1. The Bertz CT molecular complexity index is 213. The molecule has 0 aliphatic heterocycles. The van der Waals surface area contributed by atoms with Crippen molar-refractivity contribution in [2.75, 3.05) is 6.54 Å². The summed E-state index contributed by atoms with van der Waals surface area (Å²) >= 11 is 0. The van der Waals surface area contributed by atoms with E-state index < -0.39 is 0 Å². The van der Waals surface area contributed by atoms with Crippen molar-refractivity contribution < 1.29 is 4.79 Å². The lowest BCUT2D eigenvalue weighted by Crippen LogP contribution is -2.34. The van der Waals surface area contributed by atoms with Crippen molar-refractivity contribution in [1.29, 1.82) is 0 Å². The van der Waals surface area contributed by atoms with Crippen LogP contribution in [0.15, 0.2) is 12.7 Å². The van der Waals surface area contributed by atoms with Gasteiger partial charge in [0.15, 0.2) is 0 Å². The zero-order valence-corrected chi connectivity index (χ0v) is 11.1. The number of hydrogen-bond donors (Lipinski definition) is 1. The number of carbonyl (C=O) groups is 1. The number of carbonyl (C=O) groups excluding carboxylic acids is 1. The van der Waals surface area contributed by atoms with Crippen molar-refractivity contribution in [3.8, 4) is 0 Å². The Morgan fingerprint density at radius 2 is 2.00 bits per heavy atom. The second kappa shape index (κ2) is 8.37. The normalized spacial score (nSPS) is 14.2. The van der Waals surface area contributed by atoms with Crippen molar-refractivity contribution in [3.05, 3.63) is 12.7 Å². The first-order valence-corrected chi connectivity index (χ1v) is 6.48. The van der Waals surface area contributed by atoms with Crippen molar-refractivity contribution in [2.45, 2.75) is 59.3 Å². The molecule has 0 aromatic rings. The van der Waals surface area contributed by atoms with Crippen LogP contribution in [0.3, 0.4) is 0 Å². The summed E-state index contributed by atoms with van der Waals surface area (Å²) in [7, 11) is 0. The zero-order chi connectivity index (χ0) is 12.4. The van der Waals surface area contributed by atoms with Crippen molar-refractivity contribution in [2.24, 2.45) is 5.41 Å². The van der Waals surface area contributed by atoms with E-state index in [1.165, 1.54) is 38.2 Å². The molecule has 0 aromatic heterocycles. The van der Waals surface area contributed by atoms with E-state index in [4.69, 9.17) is 0 Å². The summed E-state index contributed by atoms with van der Waals surface area (Å²) in [4.78, 5) is 11.1. The first-order valence-electron chi connectivity index (χ1n) is 6.48. The highest BCUT2D eigenvalue weighted by atomic mass is 16.1. The first kappa shape index (κ1) is 15.2. The van der Waals surface area contributed by atoms with Gasteiger partial charge in [0.1, 0.15) is 0 Å². The van der Waals surface area contributed by atoms with E-state index >= 15 is 0 Å². The highest BCUT2D eigenvalue weighted by Gasteiger charge is 2.21. The van der Waals surface area contributed by atoms with Crippen LogP contribution in [0, 0.1) is 5.41 Å². The third-order valence-corrected chi connectivity index (χ3v) is 3.36. The number of hydrogen-bond acceptors (Lipinski definition) is 1. The van der Waals surface area contributed by atoms with Gasteiger partial charge in [-0.15, -0.1) is 0 Å². The Labute approximate surface area is 101 Å². The molecule has 16 heavy (non-hydrogen) atoms. The maximum absolute atomic E-state index is 11.1. The molecular formula is C14H27NO. The SMILES string of the molecule is C=CC(=O)NCC(C)(CC)CCCCCC. The molecule has 0 heterocycles. The average Bonchev–Trinajstić information content (AvgIpc) is 2.31. The third kappa shape index (κ3) is 6.65. The van der Waals surface area contributed by atoms with E-state index in [1.54, 1.807) is 0 Å². The van der Waals surface area contributed by atoms with Gasteiger partial charge in [-0.2, -0.15) is 0 Å². The van der Waals surface area contributed by atoms with Crippen LogP contribution in [0.2, 0.25) is 0 Å². The fourth-order valence-corrected chi connectivity index (χ4v) is 1.74. The Morgan fingerprint density at radius 1 is 1.31 bits per heavy atom. The lowest BCUT2D eigenvalue weighted by atomic mass is 9.82. The summed E-state index contributed by atoms with van der Waals surface area (Å²) < 4.78 is 0. The molecule has 1 atom stereocenters. The third-order valence-electron chi connectivity index (χ3n) is 3.36. The van der Waals surface area contributed by atoms with Gasteiger partial charge in [0.25, 0.3) is 0 Å². The summed E-state index contributed by atoms with van der Waals surface area (Å²) in [6, 6.07) is 0. The maximum atomic E-state index is 11.1. The van der Waals surface area contributed by atoms with Gasteiger partial charge >= 0.3 is 0 Å². The molecule has 1 unspecified atom stereocenters. The second-order valence-corrected chi connectivity index (χ2v) is 4.90. The van der Waals surface area contributed by atoms with Gasteiger partial charge in [-0.05, 0) is 24.3 Å². The van der Waals surface area contributed by atoms with E-state index in [1.807, 2.05) is 0 Å². The molecular weight excluding hydrogens is 198 g/mol. The molecule has 1 N–H and O–H groups in total. The van der Waals surface area contributed by atoms with Gasteiger partial charge in [-0.25, -0.2) is 0 Å². The lowest BCUT2D eigenvalue weighted by Gasteiger charge is -2.28. The van der Waals surface area contributed by atoms with Gasteiger partial charge in [0.05, 0.1) is 0 Å². The van der Waals surface area contributed by atoms with Crippen LogP contribution in [-0.4, -0.2) is 12.5 Å². The predicted molar refractivity (Wildman–Crippen MR) is 70.4 cm³/mol. The number of rotatable bonds is 9. The fourth-order valence-electron chi connectivity index (χ4n) is 1.74. The van der Waals surface area contributed by atoms with E-state index in [9.17, 15) is 4.79 Å². The van der Waals surface area contributed by atoms with Gasteiger partial charge in [0.2, 0.25) is 5.91 Å². The van der Waals surface area contributed by atoms with Crippen LogP contribution >= 0.6 is 0 Å². The molecule has 94 valence electrons. The van der Waals surface area contributed by atoms with Crippen LogP contribution in [0.25, 0.3) is 0 Å². The lowest BCUT2D eigenvalue weighted by molar-refractivity contribution is -0.117. The van der Waals surface area contributed by atoms with E-state index in [0.717, 1.165) is 13.0 Å². The van der Waals surface area contributed by atoms with Crippen LogP contribution in [0.4, 0.5) is 0 Å². The van der Waals surface area contributed by atoms with Crippen molar-refractivity contribution in [3.63, 3.8) is 0 Å². The quantitative estimate of drug-likeness (QED) is 0.471. The monoisotopic (exact) mass is 225 g/mol. The Balaban J connectivity index is 3.90. The van der Waals surface area contributed by atoms with Gasteiger partial charge in [-0.1, -0.05) is 53.0 Å².